The van der Waals surface area contributed by atoms with Gasteiger partial charge in [0.15, 0.2) is 0 Å². The van der Waals surface area contributed by atoms with Gasteiger partial charge in [-0.25, -0.2) is 4.39 Å². The number of carbonyl (C=O) groups is 1. The molecule has 6 heteroatoms. The number of piperazine rings is 1. The van der Waals surface area contributed by atoms with E-state index in [2.05, 4.69) is 0 Å². The van der Waals surface area contributed by atoms with Crippen molar-refractivity contribution in [2.45, 2.75) is 6.42 Å². The number of rotatable bonds is 5. The molecule has 0 aromatic heterocycles. The van der Waals surface area contributed by atoms with Gasteiger partial charge in [0.1, 0.15) is 17.3 Å². The summed E-state index contributed by atoms with van der Waals surface area (Å²) in [4.78, 5) is 16.5. The van der Waals surface area contributed by atoms with Crippen LogP contribution in [0.25, 0.3) is 0 Å². The summed E-state index contributed by atoms with van der Waals surface area (Å²) in [7, 11) is 3.18. The average molecular weight is 358 g/mol. The maximum Gasteiger partial charge on any atom is 0.227 e. The number of hydrogen-bond donors (Lipinski definition) is 0. The Morgan fingerprint density at radius 3 is 2.42 bits per heavy atom. The summed E-state index contributed by atoms with van der Waals surface area (Å²) in [6, 6.07) is 12.2. The highest BCUT2D eigenvalue weighted by molar-refractivity contribution is 5.80. The fourth-order valence-electron chi connectivity index (χ4n) is 3.20. The molecule has 5 nitrogen and oxygen atoms in total. The average Bonchev–Trinajstić information content (AvgIpc) is 2.68. The molecule has 0 radical (unpaired) electrons. The van der Waals surface area contributed by atoms with Crippen LogP contribution < -0.4 is 14.4 Å². The molecule has 26 heavy (non-hydrogen) atoms. The predicted octanol–water partition coefficient (Wildman–Crippen LogP) is 2.73. The van der Waals surface area contributed by atoms with Gasteiger partial charge in [-0.05, 0) is 30.3 Å². The van der Waals surface area contributed by atoms with Gasteiger partial charge >= 0.3 is 0 Å². The summed E-state index contributed by atoms with van der Waals surface area (Å²) in [5.74, 6) is 1.17. The number of benzene rings is 2. The van der Waals surface area contributed by atoms with E-state index < -0.39 is 0 Å². The van der Waals surface area contributed by atoms with Crippen molar-refractivity contribution in [3.8, 4) is 11.5 Å². The Hall–Kier alpha value is -2.76. The second kappa shape index (κ2) is 8.08. The topological polar surface area (TPSA) is 42.0 Å². The first-order chi connectivity index (χ1) is 12.6. The third-order valence-corrected chi connectivity index (χ3v) is 4.65. The summed E-state index contributed by atoms with van der Waals surface area (Å²) in [5, 5.41) is 0. The zero-order chi connectivity index (χ0) is 18.5. The Bertz CT molecular complexity index is 773. The minimum Gasteiger partial charge on any atom is -0.497 e. The van der Waals surface area contributed by atoms with Gasteiger partial charge in [0.2, 0.25) is 5.91 Å². The lowest BCUT2D eigenvalue weighted by atomic mass is 10.1. The SMILES string of the molecule is COc1ccc(OC)c(CC(=O)N2CCN(c3ccccc3F)CC2)c1. The first kappa shape index (κ1) is 18.0. The zero-order valence-corrected chi connectivity index (χ0v) is 15.1. The van der Waals surface area contributed by atoms with Crippen molar-refractivity contribution < 1.29 is 18.7 Å². The number of anilines is 1. The molecule has 0 saturated carbocycles. The van der Waals surface area contributed by atoms with Crippen molar-refractivity contribution >= 4 is 11.6 Å². The Morgan fingerprint density at radius 1 is 1.04 bits per heavy atom. The standard InChI is InChI=1S/C20H23FN2O3/c1-25-16-7-8-19(26-2)15(13-16)14-20(24)23-11-9-22(10-12-23)18-6-4-3-5-17(18)21/h3-8,13H,9-12,14H2,1-2H3. The molecule has 0 aliphatic carbocycles. The number of methoxy groups -OCH3 is 2. The second-order valence-corrected chi connectivity index (χ2v) is 6.17. The van der Waals surface area contributed by atoms with Gasteiger partial charge in [0.25, 0.3) is 0 Å². The number of para-hydroxylation sites is 1. The molecule has 138 valence electrons. The van der Waals surface area contributed by atoms with E-state index in [9.17, 15) is 9.18 Å². The van der Waals surface area contributed by atoms with E-state index in [0.29, 0.717) is 43.4 Å². The van der Waals surface area contributed by atoms with Gasteiger partial charge < -0.3 is 19.3 Å². The van der Waals surface area contributed by atoms with Crippen LogP contribution in [-0.4, -0.2) is 51.2 Å². The highest BCUT2D eigenvalue weighted by atomic mass is 19.1. The predicted molar refractivity (Wildman–Crippen MR) is 98.4 cm³/mol. The van der Waals surface area contributed by atoms with Crippen LogP contribution in [0.3, 0.4) is 0 Å². The minimum atomic E-state index is -0.228. The first-order valence-corrected chi connectivity index (χ1v) is 8.60. The van der Waals surface area contributed by atoms with E-state index in [1.165, 1.54) is 6.07 Å². The van der Waals surface area contributed by atoms with E-state index in [1.54, 1.807) is 38.5 Å². The molecule has 0 atom stereocenters. The molecule has 1 heterocycles. The smallest absolute Gasteiger partial charge is 0.227 e. The lowest BCUT2D eigenvalue weighted by Gasteiger charge is -2.36. The van der Waals surface area contributed by atoms with Gasteiger partial charge in [-0.1, -0.05) is 12.1 Å². The van der Waals surface area contributed by atoms with Gasteiger partial charge in [0.05, 0.1) is 26.3 Å². The molecule has 0 unspecified atom stereocenters. The van der Waals surface area contributed by atoms with Gasteiger partial charge in [-0.2, -0.15) is 0 Å². The Balaban J connectivity index is 1.63. The highest BCUT2D eigenvalue weighted by Gasteiger charge is 2.23. The number of carbonyl (C=O) groups excluding carboxylic acids is 1. The van der Waals surface area contributed by atoms with Crippen LogP contribution in [0.2, 0.25) is 0 Å². The number of nitrogens with zero attached hydrogens (tertiary/aromatic N) is 2. The molecule has 1 aliphatic heterocycles. The Morgan fingerprint density at radius 2 is 1.77 bits per heavy atom. The molecule has 0 bridgehead atoms. The zero-order valence-electron chi connectivity index (χ0n) is 15.1. The molecule has 0 N–H and O–H groups in total. The van der Waals surface area contributed by atoms with E-state index >= 15 is 0 Å². The van der Waals surface area contributed by atoms with Crippen molar-refractivity contribution in [1.82, 2.24) is 4.90 Å². The minimum absolute atomic E-state index is 0.0322. The Kier molecular flexibility index (Phi) is 5.61. The largest absolute Gasteiger partial charge is 0.497 e. The lowest BCUT2D eigenvalue weighted by molar-refractivity contribution is -0.130. The van der Waals surface area contributed by atoms with Crippen LogP contribution in [0, 0.1) is 5.82 Å². The van der Waals surface area contributed by atoms with Crippen LogP contribution in [0.1, 0.15) is 5.56 Å². The number of amides is 1. The van der Waals surface area contributed by atoms with Crippen LogP contribution >= 0.6 is 0 Å². The molecule has 2 aromatic rings. The van der Waals surface area contributed by atoms with Crippen molar-refractivity contribution in [2.24, 2.45) is 0 Å². The monoisotopic (exact) mass is 358 g/mol. The molecule has 1 amide bonds. The molecule has 1 fully saturated rings. The molecule has 3 rings (SSSR count). The highest BCUT2D eigenvalue weighted by Crippen LogP contribution is 2.25. The van der Waals surface area contributed by atoms with Gasteiger partial charge in [0, 0.05) is 31.7 Å². The molecule has 1 saturated heterocycles. The molecular weight excluding hydrogens is 335 g/mol. The van der Waals surface area contributed by atoms with Crippen molar-refractivity contribution in [3.05, 3.63) is 53.8 Å². The summed E-state index contributed by atoms with van der Waals surface area (Å²) in [6.45, 7) is 2.36. The van der Waals surface area contributed by atoms with Crippen LogP contribution in [0.4, 0.5) is 10.1 Å². The fourth-order valence-corrected chi connectivity index (χ4v) is 3.20. The maximum absolute atomic E-state index is 13.9. The van der Waals surface area contributed by atoms with Gasteiger partial charge in [-0.15, -0.1) is 0 Å². The molecule has 2 aromatic carbocycles. The molecule has 1 aliphatic rings. The number of hydrogen-bond acceptors (Lipinski definition) is 4. The fraction of sp³-hybridized carbons (Fsp3) is 0.350. The van der Waals surface area contributed by atoms with E-state index in [-0.39, 0.29) is 18.1 Å². The van der Waals surface area contributed by atoms with Crippen LogP contribution in [0.15, 0.2) is 42.5 Å². The summed E-state index contributed by atoms with van der Waals surface area (Å²) >= 11 is 0. The summed E-state index contributed by atoms with van der Waals surface area (Å²) < 4.78 is 24.5. The summed E-state index contributed by atoms with van der Waals surface area (Å²) in [5.41, 5.74) is 1.39. The number of ether oxygens (including phenoxy) is 2. The van der Waals surface area contributed by atoms with Crippen molar-refractivity contribution in [2.75, 3.05) is 45.3 Å². The third-order valence-electron chi connectivity index (χ3n) is 4.65. The maximum atomic E-state index is 13.9. The van der Waals surface area contributed by atoms with Crippen molar-refractivity contribution in [3.63, 3.8) is 0 Å². The van der Waals surface area contributed by atoms with Gasteiger partial charge in [-0.3, -0.25) is 4.79 Å². The van der Waals surface area contributed by atoms with Crippen LogP contribution in [0.5, 0.6) is 11.5 Å². The quantitative estimate of drug-likeness (QED) is 0.824. The lowest BCUT2D eigenvalue weighted by Crippen LogP contribution is -2.49. The number of halogens is 1. The molecular formula is C20H23FN2O3. The molecule has 0 spiro atoms. The van der Waals surface area contributed by atoms with E-state index in [0.717, 1.165) is 5.56 Å². The van der Waals surface area contributed by atoms with Crippen LogP contribution in [-0.2, 0) is 11.2 Å². The first-order valence-electron chi connectivity index (χ1n) is 8.60. The third kappa shape index (κ3) is 3.90. The van der Waals surface area contributed by atoms with E-state index in [4.69, 9.17) is 9.47 Å². The van der Waals surface area contributed by atoms with E-state index in [1.807, 2.05) is 21.9 Å². The second-order valence-electron chi connectivity index (χ2n) is 6.17. The summed E-state index contributed by atoms with van der Waals surface area (Å²) in [6.07, 6.45) is 0.250. The Labute approximate surface area is 152 Å². The normalized spacial score (nSPS) is 14.3. The van der Waals surface area contributed by atoms with Crippen molar-refractivity contribution in [1.29, 1.82) is 0 Å².